The van der Waals surface area contributed by atoms with Crippen LogP contribution in [0.2, 0.25) is 5.02 Å². The van der Waals surface area contributed by atoms with Gasteiger partial charge in [0.05, 0.1) is 11.0 Å². The molecule has 0 saturated carbocycles. The minimum Gasteiger partial charge on any atom is -0.454 e. The highest BCUT2D eigenvalue weighted by molar-refractivity contribution is 6.30. The van der Waals surface area contributed by atoms with Crippen molar-refractivity contribution in [2.75, 3.05) is 12.1 Å². The number of nitrogens with one attached hydrogen (secondary N) is 2. The average Bonchev–Trinajstić information content (AvgIpc) is 3.03. The van der Waals surface area contributed by atoms with Crippen LogP contribution in [0.3, 0.4) is 0 Å². The molecule has 0 radical (unpaired) electrons. The van der Waals surface area contributed by atoms with Gasteiger partial charge in [-0.15, -0.1) is 0 Å². The Bertz CT molecular complexity index is 742. The molecule has 0 bridgehead atoms. The monoisotopic (exact) mass is 287 g/mol. The van der Waals surface area contributed by atoms with Crippen molar-refractivity contribution in [1.29, 1.82) is 0 Å². The van der Waals surface area contributed by atoms with Crippen LogP contribution in [-0.2, 0) is 0 Å². The summed E-state index contributed by atoms with van der Waals surface area (Å²) in [5.74, 6) is 2.12. The lowest BCUT2D eigenvalue weighted by molar-refractivity contribution is 0.174. The highest BCUT2D eigenvalue weighted by Crippen LogP contribution is 2.35. The Balaban J connectivity index is 1.69. The van der Waals surface area contributed by atoms with Crippen molar-refractivity contribution < 1.29 is 9.47 Å². The number of H-pyrrole nitrogens is 1. The standard InChI is InChI=1S/C14H10ClN3O2/c15-8-1-3-9(4-2-8)16-14-17-10-5-12-13(20-7-19-12)6-11(10)18-14/h1-6H,7H2,(H2,16,17,18). The molecular formula is C14H10ClN3O2. The van der Waals surface area contributed by atoms with Gasteiger partial charge < -0.3 is 19.8 Å². The summed E-state index contributed by atoms with van der Waals surface area (Å²) in [4.78, 5) is 7.67. The number of aromatic nitrogens is 2. The number of aromatic amines is 1. The Kier molecular flexibility index (Phi) is 2.47. The summed E-state index contributed by atoms with van der Waals surface area (Å²) in [5, 5.41) is 3.89. The maximum Gasteiger partial charge on any atom is 0.231 e. The second-order valence-electron chi connectivity index (χ2n) is 4.44. The number of anilines is 2. The molecule has 0 fully saturated rings. The molecule has 20 heavy (non-hydrogen) atoms. The van der Waals surface area contributed by atoms with Crippen LogP contribution in [0.15, 0.2) is 36.4 Å². The predicted octanol–water partition coefficient (Wildman–Crippen LogP) is 3.69. The van der Waals surface area contributed by atoms with Crippen LogP contribution in [0.1, 0.15) is 0 Å². The topological polar surface area (TPSA) is 59.2 Å². The van der Waals surface area contributed by atoms with E-state index in [4.69, 9.17) is 21.1 Å². The van der Waals surface area contributed by atoms with Crippen molar-refractivity contribution in [3.63, 3.8) is 0 Å². The van der Waals surface area contributed by atoms with E-state index in [0.717, 1.165) is 28.2 Å². The molecule has 0 unspecified atom stereocenters. The summed E-state index contributed by atoms with van der Waals surface area (Å²) in [6, 6.07) is 11.2. The summed E-state index contributed by atoms with van der Waals surface area (Å²) < 4.78 is 10.7. The smallest absolute Gasteiger partial charge is 0.231 e. The van der Waals surface area contributed by atoms with Crippen LogP contribution < -0.4 is 14.8 Å². The highest BCUT2D eigenvalue weighted by Gasteiger charge is 2.16. The lowest BCUT2D eigenvalue weighted by Gasteiger charge is -2.01. The first-order valence-electron chi connectivity index (χ1n) is 6.10. The lowest BCUT2D eigenvalue weighted by Crippen LogP contribution is -1.93. The third-order valence-corrected chi connectivity index (χ3v) is 3.34. The minimum atomic E-state index is 0.262. The molecule has 1 aliphatic rings. The van der Waals surface area contributed by atoms with Gasteiger partial charge in [-0.1, -0.05) is 11.6 Å². The lowest BCUT2D eigenvalue weighted by atomic mass is 10.3. The van der Waals surface area contributed by atoms with Crippen LogP contribution in [0.4, 0.5) is 11.6 Å². The van der Waals surface area contributed by atoms with E-state index in [1.807, 2.05) is 36.4 Å². The molecule has 3 aromatic rings. The van der Waals surface area contributed by atoms with Crippen molar-refractivity contribution in [1.82, 2.24) is 9.97 Å². The van der Waals surface area contributed by atoms with Crippen molar-refractivity contribution in [3.05, 3.63) is 41.4 Å². The molecule has 1 aromatic heterocycles. The first-order chi connectivity index (χ1) is 9.78. The summed E-state index contributed by atoms with van der Waals surface area (Å²) in [6.45, 7) is 0.262. The molecule has 0 amide bonds. The number of benzene rings is 2. The van der Waals surface area contributed by atoms with E-state index in [-0.39, 0.29) is 6.79 Å². The van der Waals surface area contributed by atoms with Gasteiger partial charge >= 0.3 is 0 Å². The van der Waals surface area contributed by atoms with Crippen LogP contribution in [0, 0.1) is 0 Å². The fourth-order valence-electron chi connectivity index (χ4n) is 2.13. The van der Waals surface area contributed by atoms with Crippen molar-refractivity contribution >= 4 is 34.3 Å². The average molecular weight is 288 g/mol. The number of imidazole rings is 1. The van der Waals surface area contributed by atoms with E-state index >= 15 is 0 Å². The molecular weight excluding hydrogens is 278 g/mol. The van der Waals surface area contributed by atoms with Crippen LogP contribution in [0.5, 0.6) is 11.5 Å². The van der Waals surface area contributed by atoms with Gasteiger partial charge in [-0.2, -0.15) is 0 Å². The summed E-state index contributed by atoms with van der Waals surface area (Å²) in [6.07, 6.45) is 0. The Morgan fingerprint density at radius 1 is 1.10 bits per heavy atom. The fourth-order valence-corrected chi connectivity index (χ4v) is 2.25. The van der Waals surface area contributed by atoms with Crippen LogP contribution in [-0.4, -0.2) is 16.8 Å². The number of hydrogen-bond donors (Lipinski definition) is 2. The minimum absolute atomic E-state index is 0.262. The Morgan fingerprint density at radius 3 is 2.65 bits per heavy atom. The van der Waals surface area contributed by atoms with Crippen LogP contribution >= 0.6 is 11.6 Å². The summed E-state index contributed by atoms with van der Waals surface area (Å²) in [5.41, 5.74) is 2.63. The third kappa shape index (κ3) is 1.92. The second-order valence-corrected chi connectivity index (χ2v) is 4.88. The molecule has 6 heteroatoms. The molecule has 4 rings (SSSR count). The van der Waals surface area contributed by atoms with Crippen molar-refractivity contribution in [2.24, 2.45) is 0 Å². The molecule has 0 atom stereocenters. The highest BCUT2D eigenvalue weighted by atomic mass is 35.5. The van der Waals surface area contributed by atoms with Gasteiger partial charge in [0.25, 0.3) is 0 Å². The van der Waals surface area contributed by atoms with Gasteiger partial charge in [-0.3, -0.25) is 0 Å². The van der Waals surface area contributed by atoms with E-state index < -0.39 is 0 Å². The maximum absolute atomic E-state index is 5.86. The Hall–Kier alpha value is -2.40. The van der Waals surface area contributed by atoms with E-state index in [1.165, 1.54) is 0 Å². The van der Waals surface area contributed by atoms with E-state index in [1.54, 1.807) is 0 Å². The van der Waals surface area contributed by atoms with Gasteiger partial charge in [0, 0.05) is 22.8 Å². The SMILES string of the molecule is Clc1ccc(Nc2nc3cc4c(cc3[nH]2)OCO4)cc1. The van der Waals surface area contributed by atoms with E-state index in [9.17, 15) is 0 Å². The van der Waals surface area contributed by atoms with Crippen molar-refractivity contribution in [2.45, 2.75) is 0 Å². The zero-order valence-electron chi connectivity index (χ0n) is 10.3. The number of ether oxygens (including phenoxy) is 2. The molecule has 1 aliphatic heterocycles. The number of halogens is 1. The number of fused-ring (bicyclic) bond motifs is 2. The summed E-state index contributed by atoms with van der Waals surface area (Å²) in [7, 11) is 0. The Labute approximate surface area is 119 Å². The maximum atomic E-state index is 5.86. The molecule has 0 aliphatic carbocycles. The number of hydrogen-bond acceptors (Lipinski definition) is 4. The molecule has 5 nitrogen and oxygen atoms in total. The molecule has 0 spiro atoms. The molecule has 2 heterocycles. The largest absolute Gasteiger partial charge is 0.454 e. The zero-order chi connectivity index (χ0) is 13.5. The number of rotatable bonds is 2. The summed E-state index contributed by atoms with van der Waals surface area (Å²) >= 11 is 5.86. The fraction of sp³-hybridized carbons (Fsp3) is 0.0714. The van der Waals surface area contributed by atoms with Crippen LogP contribution in [0.25, 0.3) is 11.0 Å². The predicted molar refractivity (Wildman–Crippen MR) is 77.0 cm³/mol. The number of nitrogens with zero attached hydrogens (tertiary/aromatic N) is 1. The molecule has 100 valence electrons. The first kappa shape index (κ1) is 11.4. The molecule has 0 saturated heterocycles. The zero-order valence-corrected chi connectivity index (χ0v) is 11.1. The Morgan fingerprint density at radius 2 is 1.85 bits per heavy atom. The molecule has 2 aromatic carbocycles. The van der Waals surface area contributed by atoms with Gasteiger partial charge in [0.2, 0.25) is 12.7 Å². The first-order valence-corrected chi connectivity index (χ1v) is 6.48. The van der Waals surface area contributed by atoms with Gasteiger partial charge in [0.15, 0.2) is 11.5 Å². The van der Waals surface area contributed by atoms with E-state index in [2.05, 4.69) is 15.3 Å². The van der Waals surface area contributed by atoms with Gasteiger partial charge in [0.1, 0.15) is 0 Å². The quantitative estimate of drug-likeness (QED) is 0.755. The molecule has 2 N–H and O–H groups in total. The van der Waals surface area contributed by atoms with E-state index in [0.29, 0.717) is 11.0 Å². The van der Waals surface area contributed by atoms with Crippen molar-refractivity contribution in [3.8, 4) is 11.5 Å². The third-order valence-electron chi connectivity index (χ3n) is 3.08. The second kappa shape index (κ2) is 4.31. The normalized spacial score (nSPS) is 12.8. The van der Waals surface area contributed by atoms with Gasteiger partial charge in [-0.05, 0) is 24.3 Å². The van der Waals surface area contributed by atoms with Gasteiger partial charge in [-0.25, -0.2) is 4.98 Å².